The second-order valence-corrected chi connectivity index (χ2v) is 7.22. The molecular formula is C20H14ClFN4O2S. The third kappa shape index (κ3) is 4.23. The Bertz CT molecular complexity index is 1190. The van der Waals surface area contributed by atoms with E-state index in [0.717, 1.165) is 40.0 Å². The summed E-state index contributed by atoms with van der Waals surface area (Å²) in [6.07, 6.45) is 2.71. The molecule has 29 heavy (non-hydrogen) atoms. The summed E-state index contributed by atoms with van der Waals surface area (Å²) in [6, 6.07) is 11.5. The van der Waals surface area contributed by atoms with Gasteiger partial charge in [0.2, 0.25) is 5.28 Å². The van der Waals surface area contributed by atoms with Gasteiger partial charge in [0.05, 0.1) is 25.9 Å². The Morgan fingerprint density at radius 2 is 1.66 bits per heavy atom. The summed E-state index contributed by atoms with van der Waals surface area (Å²) in [5.74, 6) is 0.825. The molecule has 146 valence electrons. The zero-order valence-electron chi connectivity index (χ0n) is 15.4. The first-order valence-electron chi connectivity index (χ1n) is 8.42. The van der Waals surface area contributed by atoms with Crippen LogP contribution in [0.3, 0.4) is 0 Å². The van der Waals surface area contributed by atoms with Crippen LogP contribution in [0.1, 0.15) is 0 Å². The molecule has 0 aliphatic rings. The van der Waals surface area contributed by atoms with Gasteiger partial charge in [0, 0.05) is 17.6 Å². The Morgan fingerprint density at radius 1 is 0.897 bits per heavy atom. The molecule has 0 aliphatic carbocycles. The van der Waals surface area contributed by atoms with Crippen molar-refractivity contribution in [2.75, 3.05) is 14.2 Å². The molecular weight excluding hydrogens is 415 g/mol. The number of rotatable bonds is 5. The van der Waals surface area contributed by atoms with E-state index in [9.17, 15) is 4.39 Å². The quantitative estimate of drug-likeness (QED) is 0.325. The van der Waals surface area contributed by atoms with Gasteiger partial charge in [-0.1, -0.05) is 6.07 Å². The maximum Gasteiger partial charge on any atom is 0.223 e. The Morgan fingerprint density at radius 3 is 2.38 bits per heavy atom. The molecule has 0 radical (unpaired) electrons. The summed E-state index contributed by atoms with van der Waals surface area (Å²) in [6.45, 7) is 0. The van der Waals surface area contributed by atoms with Crippen molar-refractivity contribution in [1.29, 1.82) is 0 Å². The van der Waals surface area contributed by atoms with E-state index in [2.05, 4.69) is 19.9 Å². The van der Waals surface area contributed by atoms with E-state index >= 15 is 0 Å². The van der Waals surface area contributed by atoms with Gasteiger partial charge < -0.3 is 9.47 Å². The Kier molecular flexibility index (Phi) is 5.46. The zero-order chi connectivity index (χ0) is 20.4. The van der Waals surface area contributed by atoms with Crippen LogP contribution in [0.15, 0.2) is 59.0 Å². The minimum absolute atomic E-state index is 0.0342. The van der Waals surface area contributed by atoms with Gasteiger partial charge in [0.15, 0.2) is 11.0 Å². The van der Waals surface area contributed by atoms with Gasteiger partial charge in [-0.25, -0.2) is 24.3 Å². The van der Waals surface area contributed by atoms with Crippen LogP contribution < -0.4 is 9.47 Å². The number of aromatic nitrogens is 4. The van der Waals surface area contributed by atoms with Crippen molar-refractivity contribution in [2.45, 2.75) is 10.2 Å². The number of benzene rings is 2. The third-order valence-corrected chi connectivity index (χ3v) is 5.15. The van der Waals surface area contributed by atoms with E-state index in [4.69, 9.17) is 21.1 Å². The molecule has 0 N–H and O–H groups in total. The molecule has 9 heteroatoms. The van der Waals surface area contributed by atoms with Crippen LogP contribution in [-0.4, -0.2) is 34.2 Å². The summed E-state index contributed by atoms with van der Waals surface area (Å²) in [5.41, 5.74) is 2.63. The number of hydrogen-bond acceptors (Lipinski definition) is 7. The van der Waals surface area contributed by atoms with Crippen molar-refractivity contribution in [3.05, 3.63) is 59.9 Å². The summed E-state index contributed by atoms with van der Waals surface area (Å²) in [7, 11) is 3.22. The number of fused-ring (bicyclic) bond motifs is 1. The lowest BCUT2D eigenvalue weighted by Gasteiger charge is -2.09. The first-order chi connectivity index (χ1) is 14.1. The molecule has 4 rings (SSSR count). The second kappa shape index (κ2) is 8.18. The SMILES string of the molecule is COc1cc(OC)cc(-c2ccc3nc(Sc4nc(Cl)ncc4F)ncc3c2)c1. The molecule has 2 aromatic carbocycles. The monoisotopic (exact) mass is 428 g/mol. The second-order valence-electron chi connectivity index (χ2n) is 5.92. The van der Waals surface area contributed by atoms with Gasteiger partial charge in [-0.2, -0.15) is 0 Å². The molecule has 0 unspecified atom stereocenters. The lowest BCUT2D eigenvalue weighted by molar-refractivity contribution is 0.394. The van der Waals surface area contributed by atoms with Crippen molar-refractivity contribution in [3.63, 3.8) is 0 Å². The van der Waals surface area contributed by atoms with Crippen LogP contribution >= 0.6 is 23.4 Å². The topological polar surface area (TPSA) is 70.0 Å². The zero-order valence-corrected chi connectivity index (χ0v) is 17.0. The number of methoxy groups -OCH3 is 2. The Balaban J connectivity index is 1.68. The predicted octanol–water partition coefficient (Wildman–Crippen LogP) is 5.05. The van der Waals surface area contributed by atoms with Crippen molar-refractivity contribution in [1.82, 2.24) is 19.9 Å². The highest BCUT2D eigenvalue weighted by atomic mass is 35.5. The largest absolute Gasteiger partial charge is 0.497 e. The lowest BCUT2D eigenvalue weighted by atomic mass is 10.0. The van der Waals surface area contributed by atoms with Crippen LogP contribution in [0, 0.1) is 5.82 Å². The highest BCUT2D eigenvalue weighted by Crippen LogP contribution is 2.32. The maximum atomic E-state index is 13.9. The molecule has 0 fully saturated rings. The molecule has 0 bridgehead atoms. The van der Waals surface area contributed by atoms with Crippen LogP contribution in [-0.2, 0) is 0 Å². The van der Waals surface area contributed by atoms with E-state index in [1.165, 1.54) is 0 Å². The van der Waals surface area contributed by atoms with E-state index in [1.54, 1.807) is 20.4 Å². The van der Waals surface area contributed by atoms with Gasteiger partial charge >= 0.3 is 0 Å². The number of halogens is 2. The summed E-state index contributed by atoms with van der Waals surface area (Å²) >= 11 is 6.72. The minimum atomic E-state index is -0.578. The average molecular weight is 429 g/mol. The predicted molar refractivity (Wildman–Crippen MR) is 109 cm³/mol. The lowest BCUT2D eigenvalue weighted by Crippen LogP contribution is -1.94. The first-order valence-corrected chi connectivity index (χ1v) is 9.61. The van der Waals surface area contributed by atoms with Gasteiger partial charge in [-0.05, 0) is 58.8 Å². The molecule has 0 atom stereocenters. The highest BCUT2D eigenvalue weighted by Gasteiger charge is 2.11. The van der Waals surface area contributed by atoms with Crippen LogP contribution in [0.4, 0.5) is 4.39 Å². The van der Waals surface area contributed by atoms with E-state index < -0.39 is 5.82 Å². The maximum absolute atomic E-state index is 13.9. The molecule has 0 spiro atoms. The minimum Gasteiger partial charge on any atom is -0.497 e. The fourth-order valence-corrected chi connectivity index (χ4v) is 3.60. The van der Waals surface area contributed by atoms with Gasteiger partial charge in [-0.3, -0.25) is 0 Å². The van der Waals surface area contributed by atoms with E-state index in [0.29, 0.717) is 16.7 Å². The number of hydrogen-bond donors (Lipinski definition) is 0. The Labute approximate surface area is 175 Å². The highest BCUT2D eigenvalue weighted by molar-refractivity contribution is 7.99. The summed E-state index contributed by atoms with van der Waals surface area (Å²) < 4.78 is 24.5. The molecule has 6 nitrogen and oxygen atoms in total. The molecule has 0 aliphatic heterocycles. The fraction of sp³-hybridized carbons (Fsp3) is 0.100. The van der Waals surface area contributed by atoms with Crippen molar-refractivity contribution < 1.29 is 13.9 Å². The summed E-state index contributed by atoms with van der Waals surface area (Å²) in [4.78, 5) is 16.3. The standard InChI is InChI=1S/C20H14ClFN4O2S/c1-27-14-6-12(7-15(8-14)28-2)11-3-4-17-13(5-11)9-24-20(25-17)29-18-16(22)10-23-19(21)26-18/h3-10H,1-2H3. The summed E-state index contributed by atoms with van der Waals surface area (Å²) in [5, 5.41) is 1.24. The van der Waals surface area contributed by atoms with Crippen molar-refractivity contribution >= 4 is 34.3 Å². The van der Waals surface area contributed by atoms with Crippen LogP contribution in [0.5, 0.6) is 11.5 Å². The Hall–Kier alpha value is -2.97. The molecule has 0 amide bonds. The smallest absolute Gasteiger partial charge is 0.223 e. The van der Waals surface area contributed by atoms with Gasteiger partial charge in [0.1, 0.15) is 16.5 Å². The third-order valence-electron chi connectivity index (χ3n) is 4.11. The molecule has 0 saturated heterocycles. The number of nitrogens with zero attached hydrogens (tertiary/aromatic N) is 4. The molecule has 2 heterocycles. The van der Waals surface area contributed by atoms with Crippen LogP contribution in [0.2, 0.25) is 5.28 Å². The van der Waals surface area contributed by atoms with Gasteiger partial charge in [-0.15, -0.1) is 0 Å². The molecule has 4 aromatic rings. The molecule has 0 saturated carbocycles. The fourth-order valence-electron chi connectivity index (χ4n) is 2.71. The van der Waals surface area contributed by atoms with Gasteiger partial charge in [0.25, 0.3) is 0 Å². The van der Waals surface area contributed by atoms with Crippen LogP contribution in [0.25, 0.3) is 22.0 Å². The van der Waals surface area contributed by atoms with E-state index in [1.807, 2.05) is 36.4 Å². The first kappa shape index (κ1) is 19.4. The van der Waals surface area contributed by atoms with Crippen molar-refractivity contribution in [2.24, 2.45) is 0 Å². The van der Waals surface area contributed by atoms with E-state index in [-0.39, 0.29) is 10.3 Å². The average Bonchev–Trinajstić information content (AvgIpc) is 2.75. The number of ether oxygens (including phenoxy) is 2. The van der Waals surface area contributed by atoms with Crippen molar-refractivity contribution in [3.8, 4) is 22.6 Å². The molecule has 2 aromatic heterocycles. The normalized spacial score (nSPS) is 10.9.